The number of para-hydroxylation sites is 2. The molecular weight excluding hydrogens is 498 g/mol. The molecule has 0 atom stereocenters. The average molecular weight is 528 g/mol. The smallest absolute Gasteiger partial charge is 0.250 e. The second-order valence-corrected chi connectivity index (χ2v) is 9.42. The number of nitrogens with one attached hydrogen (secondary N) is 2. The van der Waals surface area contributed by atoms with Crippen LogP contribution in [0.1, 0.15) is 16.7 Å². The summed E-state index contributed by atoms with van der Waals surface area (Å²) in [6, 6.07) is 32.1. The molecule has 4 aromatic carbocycles. The summed E-state index contributed by atoms with van der Waals surface area (Å²) < 4.78 is 0. The van der Waals surface area contributed by atoms with E-state index < -0.39 is 0 Å². The van der Waals surface area contributed by atoms with Crippen LogP contribution < -0.4 is 21.5 Å². The number of aryl methyl sites for hydroxylation is 1. The predicted molar refractivity (Wildman–Crippen MR) is 163 cm³/mol. The average Bonchev–Trinajstić information content (AvgIpc) is 2.97. The van der Waals surface area contributed by atoms with Gasteiger partial charge in [-0.3, -0.25) is 20.0 Å². The van der Waals surface area contributed by atoms with E-state index in [0.717, 1.165) is 39.0 Å². The Morgan fingerprint density at radius 2 is 1.68 bits per heavy atom. The zero-order chi connectivity index (χ0) is 27.9. The first-order valence-electron chi connectivity index (χ1n) is 12.9. The Morgan fingerprint density at radius 1 is 0.900 bits per heavy atom. The molecule has 0 saturated heterocycles. The van der Waals surface area contributed by atoms with Gasteiger partial charge in [-0.2, -0.15) is 0 Å². The Balaban J connectivity index is 1.28. The normalized spacial score (nSPS) is 10.9. The van der Waals surface area contributed by atoms with Crippen molar-refractivity contribution in [2.45, 2.75) is 13.3 Å². The lowest BCUT2D eigenvalue weighted by molar-refractivity contribution is -0.117. The van der Waals surface area contributed by atoms with Gasteiger partial charge in [0.1, 0.15) is 0 Å². The number of hydrazine groups is 1. The molecule has 40 heavy (non-hydrogen) atoms. The highest BCUT2D eigenvalue weighted by Crippen LogP contribution is 2.22. The van der Waals surface area contributed by atoms with Crippen molar-refractivity contribution in [3.05, 3.63) is 132 Å². The second kappa shape index (κ2) is 12.0. The van der Waals surface area contributed by atoms with Crippen LogP contribution in [0.2, 0.25) is 0 Å². The number of hydrogen-bond acceptors (Lipinski definition) is 5. The molecule has 0 fully saturated rings. The van der Waals surface area contributed by atoms with E-state index >= 15 is 0 Å². The number of aromatic nitrogens is 1. The van der Waals surface area contributed by atoms with Crippen LogP contribution in [0.5, 0.6) is 0 Å². The molecule has 1 aromatic heterocycles. The summed E-state index contributed by atoms with van der Waals surface area (Å²) in [6.07, 6.45) is 5.12. The third-order valence-electron chi connectivity index (χ3n) is 6.37. The number of pyridine rings is 1. The summed E-state index contributed by atoms with van der Waals surface area (Å²) in [5.41, 5.74) is 15.5. The molecular formula is C33H29N5O2. The van der Waals surface area contributed by atoms with Gasteiger partial charge in [0.25, 0.3) is 0 Å². The van der Waals surface area contributed by atoms with Crippen LogP contribution in [0.4, 0.5) is 22.7 Å². The van der Waals surface area contributed by atoms with Crippen LogP contribution in [0.3, 0.4) is 0 Å². The van der Waals surface area contributed by atoms with Crippen LogP contribution >= 0.6 is 0 Å². The van der Waals surface area contributed by atoms with Crippen molar-refractivity contribution in [3.63, 3.8) is 0 Å². The molecule has 0 saturated carbocycles. The second-order valence-electron chi connectivity index (χ2n) is 9.42. The van der Waals surface area contributed by atoms with Crippen molar-refractivity contribution >= 4 is 51.5 Å². The molecule has 0 aliphatic heterocycles. The Labute approximate surface area is 232 Å². The molecule has 0 aliphatic carbocycles. The monoisotopic (exact) mass is 527 g/mol. The molecule has 0 bridgehead atoms. The highest BCUT2D eigenvalue weighted by Gasteiger charge is 2.17. The molecule has 5 rings (SSSR count). The zero-order valence-electron chi connectivity index (χ0n) is 22.0. The number of carbonyl (C=O) groups is 2. The van der Waals surface area contributed by atoms with Gasteiger partial charge in [0.2, 0.25) is 11.8 Å². The quantitative estimate of drug-likeness (QED) is 0.124. The third kappa shape index (κ3) is 6.52. The molecule has 0 spiro atoms. The highest BCUT2D eigenvalue weighted by molar-refractivity contribution is 6.03. The minimum atomic E-state index is -0.276. The summed E-state index contributed by atoms with van der Waals surface area (Å²) in [4.78, 5) is 30.2. The van der Waals surface area contributed by atoms with Gasteiger partial charge in [-0.15, -0.1) is 0 Å². The van der Waals surface area contributed by atoms with E-state index in [1.165, 1.54) is 6.08 Å². The minimum Gasteiger partial charge on any atom is -0.397 e. The van der Waals surface area contributed by atoms with E-state index in [0.29, 0.717) is 11.4 Å². The number of rotatable bonds is 8. The number of carbonyl (C=O) groups excluding carboxylic acids is 2. The minimum absolute atomic E-state index is 0.113. The third-order valence-corrected chi connectivity index (χ3v) is 6.37. The van der Waals surface area contributed by atoms with E-state index in [4.69, 9.17) is 5.73 Å². The Kier molecular flexibility index (Phi) is 7.83. The Hall–Kier alpha value is -5.43. The Bertz CT molecular complexity index is 1680. The van der Waals surface area contributed by atoms with Gasteiger partial charge in [0, 0.05) is 17.7 Å². The molecule has 7 heteroatoms. The SMILES string of the molecule is Cc1ccc(N(Nc2ccc3ncccc3c2)C(=O)Cc2ccc(/C=C/C(=O)Nc3ccccc3N)cc2)cc1. The number of fused-ring (bicyclic) bond motifs is 1. The van der Waals surface area contributed by atoms with Gasteiger partial charge in [-0.05, 0) is 72.7 Å². The lowest BCUT2D eigenvalue weighted by Crippen LogP contribution is -2.37. The number of nitrogens with two attached hydrogens (primary N) is 1. The number of benzene rings is 4. The lowest BCUT2D eigenvalue weighted by Gasteiger charge is -2.25. The maximum absolute atomic E-state index is 13.5. The number of nitrogen functional groups attached to an aromatic ring is 1. The number of hydrogen-bond donors (Lipinski definition) is 3. The molecule has 0 aliphatic rings. The molecule has 1 heterocycles. The van der Waals surface area contributed by atoms with E-state index in [1.54, 1.807) is 29.4 Å². The highest BCUT2D eigenvalue weighted by atomic mass is 16.2. The van der Waals surface area contributed by atoms with Crippen molar-refractivity contribution in [2.75, 3.05) is 21.5 Å². The fourth-order valence-corrected chi connectivity index (χ4v) is 4.20. The fourth-order valence-electron chi connectivity index (χ4n) is 4.20. The Morgan fingerprint density at radius 3 is 2.45 bits per heavy atom. The van der Waals surface area contributed by atoms with Crippen molar-refractivity contribution in [1.29, 1.82) is 0 Å². The van der Waals surface area contributed by atoms with Crippen LogP contribution in [-0.4, -0.2) is 16.8 Å². The van der Waals surface area contributed by atoms with Gasteiger partial charge in [-0.25, -0.2) is 5.01 Å². The predicted octanol–water partition coefficient (Wildman–Crippen LogP) is 6.38. The molecule has 7 nitrogen and oxygen atoms in total. The summed E-state index contributed by atoms with van der Waals surface area (Å²) in [7, 11) is 0. The van der Waals surface area contributed by atoms with E-state index in [9.17, 15) is 9.59 Å². The van der Waals surface area contributed by atoms with Crippen molar-refractivity contribution in [1.82, 2.24) is 4.98 Å². The van der Waals surface area contributed by atoms with Crippen LogP contribution in [0, 0.1) is 6.92 Å². The van der Waals surface area contributed by atoms with Gasteiger partial charge >= 0.3 is 0 Å². The molecule has 2 amide bonds. The van der Waals surface area contributed by atoms with Gasteiger partial charge in [0.15, 0.2) is 0 Å². The first kappa shape index (κ1) is 26.2. The van der Waals surface area contributed by atoms with Crippen LogP contribution in [0.15, 0.2) is 115 Å². The zero-order valence-corrected chi connectivity index (χ0v) is 22.0. The molecule has 198 valence electrons. The molecule has 0 unspecified atom stereocenters. The molecule has 4 N–H and O–H groups in total. The first-order valence-corrected chi connectivity index (χ1v) is 12.9. The van der Waals surface area contributed by atoms with Crippen molar-refractivity contribution in [3.8, 4) is 0 Å². The van der Waals surface area contributed by atoms with E-state index in [2.05, 4.69) is 15.7 Å². The summed E-state index contributed by atoms with van der Waals surface area (Å²) in [5.74, 6) is -0.389. The van der Waals surface area contributed by atoms with Gasteiger partial charge in [0.05, 0.1) is 34.7 Å². The summed E-state index contributed by atoms with van der Waals surface area (Å²) in [5, 5.41) is 5.32. The largest absolute Gasteiger partial charge is 0.397 e. The maximum Gasteiger partial charge on any atom is 0.250 e. The summed E-state index contributed by atoms with van der Waals surface area (Å²) in [6.45, 7) is 2.01. The number of amides is 2. The molecule has 0 radical (unpaired) electrons. The van der Waals surface area contributed by atoms with Crippen molar-refractivity contribution in [2.24, 2.45) is 0 Å². The fraction of sp³-hybridized carbons (Fsp3) is 0.0606. The standard InChI is InChI=1S/C33H29N5O2/c1-23-8-16-28(17-9-23)38(37-27-15-18-30-26(22-27)5-4-20-35-30)33(40)21-25-12-10-24(11-13-25)14-19-32(39)36-31-7-3-2-6-29(31)34/h2-20,22,37H,21,34H2,1H3,(H,36,39)/b19-14+. The first-order chi connectivity index (χ1) is 19.4. The lowest BCUT2D eigenvalue weighted by atomic mass is 10.1. The topological polar surface area (TPSA) is 100 Å². The van der Waals surface area contributed by atoms with Crippen molar-refractivity contribution < 1.29 is 9.59 Å². The van der Waals surface area contributed by atoms with Crippen LogP contribution in [0.25, 0.3) is 17.0 Å². The number of nitrogens with zero attached hydrogens (tertiary/aromatic N) is 2. The van der Waals surface area contributed by atoms with Gasteiger partial charge < -0.3 is 11.1 Å². The number of anilines is 4. The van der Waals surface area contributed by atoms with E-state index in [1.807, 2.05) is 97.9 Å². The maximum atomic E-state index is 13.5. The van der Waals surface area contributed by atoms with E-state index in [-0.39, 0.29) is 18.2 Å². The summed E-state index contributed by atoms with van der Waals surface area (Å²) >= 11 is 0. The van der Waals surface area contributed by atoms with Gasteiger partial charge in [-0.1, -0.05) is 60.2 Å². The molecule has 5 aromatic rings. The van der Waals surface area contributed by atoms with Crippen LogP contribution in [-0.2, 0) is 16.0 Å².